The van der Waals surface area contributed by atoms with Crippen LogP contribution in [0.15, 0.2) is 23.1 Å². The van der Waals surface area contributed by atoms with E-state index in [9.17, 15) is 18.0 Å². The largest absolute Gasteiger partial charge is 0.481 e. The van der Waals surface area contributed by atoms with Gasteiger partial charge in [0.1, 0.15) is 0 Å². The predicted octanol–water partition coefficient (Wildman–Crippen LogP) is 1.70. The van der Waals surface area contributed by atoms with Gasteiger partial charge in [-0.05, 0) is 56.4 Å². The summed E-state index contributed by atoms with van der Waals surface area (Å²) in [6, 6.07) is 3.99. The lowest BCUT2D eigenvalue weighted by molar-refractivity contribution is -0.142. The Morgan fingerprint density at radius 2 is 1.83 bits per heavy atom. The third-order valence-electron chi connectivity index (χ3n) is 4.28. The molecule has 0 aliphatic heterocycles. The number of carbonyl (C=O) groups excluding carboxylic acids is 1. The fourth-order valence-electron chi connectivity index (χ4n) is 2.94. The first-order valence-corrected chi connectivity index (χ1v) is 9.17. The number of sulfonamides is 1. The Balaban J connectivity index is 2.11. The standard InChI is InChI=1S/C16H21NO6S/c1-10-9-12(16(20)23-2)5-8-14(10)24(21,22)17-13-6-3-11(4-7-13)15(18)19/h5,8-9,11,13,17H,3-4,6-7H2,1-2H3,(H,18,19). The number of ether oxygens (including phenoxy) is 1. The summed E-state index contributed by atoms with van der Waals surface area (Å²) in [6.45, 7) is 1.61. The van der Waals surface area contributed by atoms with Crippen molar-refractivity contribution < 1.29 is 27.9 Å². The van der Waals surface area contributed by atoms with E-state index in [0.29, 0.717) is 31.2 Å². The zero-order valence-corrected chi connectivity index (χ0v) is 14.4. The van der Waals surface area contributed by atoms with Gasteiger partial charge in [-0.1, -0.05) is 0 Å². The first-order valence-electron chi connectivity index (χ1n) is 7.68. The molecule has 1 aromatic carbocycles. The minimum absolute atomic E-state index is 0.107. The van der Waals surface area contributed by atoms with Gasteiger partial charge >= 0.3 is 11.9 Å². The van der Waals surface area contributed by atoms with Crippen LogP contribution in [0, 0.1) is 12.8 Å². The van der Waals surface area contributed by atoms with Gasteiger partial charge in [0.25, 0.3) is 0 Å². The zero-order valence-electron chi connectivity index (χ0n) is 13.6. The monoisotopic (exact) mass is 355 g/mol. The van der Waals surface area contributed by atoms with Crippen molar-refractivity contribution in [3.8, 4) is 0 Å². The number of nitrogens with one attached hydrogen (secondary N) is 1. The molecule has 8 heteroatoms. The van der Waals surface area contributed by atoms with Gasteiger partial charge < -0.3 is 9.84 Å². The number of aryl methyl sites for hydroxylation is 1. The van der Waals surface area contributed by atoms with E-state index < -0.39 is 27.9 Å². The fourth-order valence-corrected chi connectivity index (χ4v) is 4.47. The van der Waals surface area contributed by atoms with E-state index in [1.54, 1.807) is 6.92 Å². The van der Waals surface area contributed by atoms with Gasteiger partial charge in [-0.2, -0.15) is 0 Å². The van der Waals surface area contributed by atoms with Crippen LogP contribution in [0.3, 0.4) is 0 Å². The van der Waals surface area contributed by atoms with E-state index in [1.165, 1.54) is 25.3 Å². The lowest BCUT2D eigenvalue weighted by atomic mass is 9.87. The SMILES string of the molecule is COC(=O)c1ccc(S(=O)(=O)NC2CCC(C(=O)O)CC2)c(C)c1. The number of methoxy groups -OCH3 is 1. The minimum atomic E-state index is -3.73. The number of hydrogen-bond donors (Lipinski definition) is 2. The molecule has 1 aliphatic carbocycles. The lowest BCUT2D eigenvalue weighted by Crippen LogP contribution is -2.38. The Morgan fingerprint density at radius 1 is 1.21 bits per heavy atom. The molecule has 7 nitrogen and oxygen atoms in total. The molecule has 0 radical (unpaired) electrons. The number of hydrogen-bond acceptors (Lipinski definition) is 5. The first-order chi connectivity index (χ1) is 11.2. The molecule has 1 saturated carbocycles. The van der Waals surface area contributed by atoms with Crippen molar-refractivity contribution in [2.75, 3.05) is 7.11 Å². The Bertz CT molecular complexity index is 735. The summed E-state index contributed by atoms with van der Waals surface area (Å²) in [7, 11) is -2.47. The van der Waals surface area contributed by atoms with E-state index in [4.69, 9.17) is 5.11 Å². The summed E-state index contributed by atoms with van der Waals surface area (Å²) in [5, 5.41) is 8.99. The molecule has 1 fully saturated rings. The smallest absolute Gasteiger partial charge is 0.337 e. The second-order valence-electron chi connectivity index (χ2n) is 5.98. The maximum Gasteiger partial charge on any atom is 0.337 e. The van der Waals surface area contributed by atoms with E-state index in [2.05, 4.69) is 9.46 Å². The van der Waals surface area contributed by atoms with Crippen LogP contribution >= 0.6 is 0 Å². The molecule has 2 N–H and O–H groups in total. The highest BCUT2D eigenvalue weighted by atomic mass is 32.2. The summed E-state index contributed by atoms with van der Waals surface area (Å²) in [6.07, 6.45) is 1.91. The molecule has 0 bridgehead atoms. The lowest BCUT2D eigenvalue weighted by Gasteiger charge is -2.26. The summed E-state index contributed by atoms with van der Waals surface area (Å²) in [5.41, 5.74) is 0.737. The van der Waals surface area contributed by atoms with E-state index in [-0.39, 0.29) is 16.5 Å². The number of rotatable bonds is 5. The summed E-state index contributed by atoms with van der Waals surface area (Å²) < 4.78 is 32.3. The molecule has 132 valence electrons. The Hall–Kier alpha value is -1.93. The van der Waals surface area contributed by atoms with Crippen LogP contribution in [-0.4, -0.2) is 38.6 Å². The Kier molecular flexibility index (Phi) is 5.61. The minimum Gasteiger partial charge on any atom is -0.481 e. The molecule has 24 heavy (non-hydrogen) atoms. The van der Waals surface area contributed by atoms with E-state index >= 15 is 0 Å². The highest BCUT2D eigenvalue weighted by molar-refractivity contribution is 7.89. The normalized spacial score (nSPS) is 21.2. The van der Waals surface area contributed by atoms with E-state index in [0.717, 1.165) is 0 Å². The van der Waals surface area contributed by atoms with Crippen molar-refractivity contribution in [1.29, 1.82) is 0 Å². The molecule has 0 unspecified atom stereocenters. The van der Waals surface area contributed by atoms with Crippen LogP contribution in [0.25, 0.3) is 0 Å². The first kappa shape index (κ1) is 18.4. The zero-order chi connectivity index (χ0) is 17.9. The summed E-state index contributed by atoms with van der Waals surface area (Å²) in [4.78, 5) is 22.5. The van der Waals surface area contributed by atoms with Gasteiger partial charge in [0.2, 0.25) is 10.0 Å². The average Bonchev–Trinajstić information content (AvgIpc) is 2.53. The van der Waals surface area contributed by atoms with Gasteiger partial charge in [-0.25, -0.2) is 17.9 Å². The van der Waals surface area contributed by atoms with Crippen LogP contribution in [0.1, 0.15) is 41.6 Å². The molecule has 0 aromatic heterocycles. The number of carboxylic acid groups (broad SMARTS) is 1. The number of carboxylic acids is 1. The van der Waals surface area contributed by atoms with Crippen LogP contribution in [0.4, 0.5) is 0 Å². The molecule has 1 aromatic rings. The maximum atomic E-state index is 12.5. The molecular formula is C16H21NO6S. The predicted molar refractivity (Wildman–Crippen MR) is 86.2 cm³/mol. The summed E-state index contributed by atoms with van der Waals surface area (Å²) in [5.74, 6) is -1.75. The second kappa shape index (κ2) is 7.31. The van der Waals surface area contributed by atoms with Crippen molar-refractivity contribution in [1.82, 2.24) is 4.72 Å². The molecule has 0 heterocycles. The van der Waals surface area contributed by atoms with Gasteiger partial charge in [0.05, 0.1) is 23.5 Å². The average molecular weight is 355 g/mol. The van der Waals surface area contributed by atoms with Crippen LogP contribution in [-0.2, 0) is 19.6 Å². The highest BCUT2D eigenvalue weighted by Crippen LogP contribution is 2.26. The number of esters is 1. The fraction of sp³-hybridized carbons (Fsp3) is 0.500. The van der Waals surface area contributed by atoms with Crippen molar-refractivity contribution >= 4 is 22.0 Å². The van der Waals surface area contributed by atoms with Crippen molar-refractivity contribution in [3.05, 3.63) is 29.3 Å². The third kappa shape index (κ3) is 4.12. The van der Waals surface area contributed by atoms with Gasteiger partial charge in [0, 0.05) is 6.04 Å². The van der Waals surface area contributed by atoms with Crippen molar-refractivity contribution in [2.24, 2.45) is 5.92 Å². The molecule has 1 aliphatic rings. The van der Waals surface area contributed by atoms with E-state index in [1.807, 2.05) is 0 Å². The van der Waals surface area contributed by atoms with Gasteiger partial charge in [-0.15, -0.1) is 0 Å². The quantitative estimate of drug-likeness (QED) is 0.778. The van der Waals surface area contributed by atoms with Gasteiger partial charge in [0.15, 0.2) is 0 Å². The molecule has 0 saturated heterocycles. The number of benzene rings is 1. The summed E-state index contributed by atoms with van der Waals surface area (Å²) >= 11 is 0. The second-order valence-corrected chi connectivity index (χ2v) is 7.66. The molecule has 0 atom stereocenters. The van der Waals surface area contributed by atoms with Crippen molar-refractivity contribution in [3.63, 3.8) is 0 Å². The van der Waals surface area contributed by atoms with Crippen molar-refractivity contribution in [2.45, 2.75) is 43.5 Å². The van der Waals surface area contributed by atoms with Crippen LogP contribution < -0.4 is 4.72 Å². The Morgan fingerprint density at radius 3 is 2.33 bits per heavy atom. The highest BCUT2D eigenvalue weighted by Gasteiger charge is 2.29. The maximum absolute atomic E-state index is 12.5. The molecule has 0 amide bonds. The number of carbonyl (C=O) groups is 2. The third-order valence-corrected chi connectivity index (χ3v) is 5.96. The van der Waals surface area contributed by atoms with Crippen LogP contribution in [0.2, 0.25) is 0 Å². The molecular weight excluding hydrogens is 334 g/mol. The van der Waals surface area contributed by atoms with Gasteiger partial charge in [-0.3, -0.25) is 4.79 Å². The number of aliphatic carboxylic acids is 1. The Labute approximate surface area is 141 Å². The molecule has 2 rings (SSSR count). The van der Waals surface area contributed by atoms with Crippen LogP contribution in [0.5, 0.6) is 0 Å². The topological polar surface area (TPSA) is 110 Å². The molecule has 0 spiro atoms.